The maximum absolute atomic E-state index is 15.2. The maximum atomic E-state index is 15.2. The van der Waals surface area contributed by atoms with Gasteiger partial charge in [-0.25, -0.2) is 9.59 Å². The largest absolute Gasteiger partial charge is 0.513 e. The van der Waals surface area contributed by atoms with Crippen molar-refractivity contribution in [1.82, 2.24) is 4.90 Å². The van der Waals surface area contributed by atoms with Crippen LogP contribution in [0.4, 0.5) is 21.0 Å². The molecule has 3 aliphatic rings. The number of fused-ring (bicyclic) bond motifs is 1. The minimum atomic E-state index is -1.32. The smallest absolute Gasteiger partial charge is 0.482 e. The molecule has 0 radical (unpaired) electrons. The standard InChI is InChI=1S/C43H63N3O11Si/c1-29(2)26-54-42(50)56-34-22-30(21-33(24-34)55-28-52-19-20-58(7,8)9)35-15-17-44(41(49)57-43(3,4)5)25-36(35)40(48)46(31-11-12-31)32-13-14-38-37(23-32)45(16-10-18-51-6)39(47)27-53-38/h13-14,21-24,29,31,35-36H,10-12,15-20,25-28H2,1-9H3/t35-,36+/m1/s1. The van der Waals surface area contributed by atoms with E-state index in [1.54, 1.807) is 29.0 Å². The molecule has 14 nitrogen and oxygen atoms in total. The van der Waals surface area contributed by atoms with E-state index >= 15 is 4.79 Å². The highest BCUT2D eigenvalue weighted by Gasteiger charge is 2.44. The third-order valence-corrected chi connectivity index (χ3v) is 11.7. The van der Waals surface area contributed by atoms with E-state index in [0.29, 0.717) is 67.6 Å². The van der Waals surface area contributed by atoms with Crippen LogP contribution in [0.1, 0.15) is 71.8 Å². The first-order valence-electron chi connectivity index (χ1n) is 20.5. The SMILES string of the molecule is COCCCN1C(=O)COc2ccc(N(C(=O)[C@H]3CN(C(=O)OC(C)(C)C)CC[C@@H]3c3cc(OCOCC[Si](C)(C)C)cc(OC(=O)OCC(C)C)c3)C3CC3)cc21. The van der Waals surface area contributed by atoms with Crippen molar-refractivity contribution in [2.75, 3.05) is 69.8 Å². The Hall–Kier alpha value is -4.34. The van der Waals surface area contributed by atoms with Crippen LogP contribution in [0.2, 0.25) is 25.7 Å². The Morgan fingerprint density at radius 2 is 1.74 bits per heavy atom. The lowest BCUT2D eigenvalue weighted by Gasteiger charge is -2.41. The molecule has 58 heavy (non-hydrogen) atoms. The molecule has 320 valence electrons. The highest BCUT2D eigenvalue weighted by Crippen LogP contribution is 2.44. The van der Waals surface area contributed by atoms with E-state index in [1.165, 1.54) is 0 Å². The van der Waals surface area contributed by atoms with E-state index in [9.17, 15) is 14.4 Å². The number of ether oxygens (including phenoxy) is 7. The minimum Gasteiger partial charge on any atom is -0.482 e. The molecule has 5 rings (SSSR count). The molecule has 0 bridgehead atoms. The Bertz CT molecular complexity index is 1750. The van der Waals surface area contributed by atoms with Crippen LogP contribution < -0.4 is 24.0 Å². The second-order valence-corrected chi connectivity index (χ2v) is 23.6. The van der Waals surface area contributed by atoms with Crippen molar-refractivity contribution in [3.8, 4) is 17.2 Å². The van der Waals surface area contributed by atoms with Crippen molar-refractivity contribution in [2.45, 2.75) is 104 Å². The first kappa shape index (κ1) is 44.8. The van der Waals surface area contributed by atoms with Gasteiger partial charge in [0.25, 0.3) is 5.91 Å². The van der Waals surface area contributed by atoms with Crippen LogP contribution in [0, 0.1) is 11.8 Å². The van der Waals surface area contributed by atoms with Crippen molar-refractivity contribution >= 4 is 43.5 Å². The predicted octanol–water partition coefficient (Wildman–Crippen LogP) is 7.85. The molecule has 2 aromatic carbocycles. The average Bonchev–Trinajstić information content (AvgIpc) is 3.98. The fraction of sp³-hybridized carbons (Fsp3) is 0.628. The summed E-state index contributed by atoms with van der Waals surface area (Å²) >= 11 is 0. The highest BCUT2D eigenvalue weighted by atomic mass is 28.3. The van der Waals surface area contributed by atoms with Gasteiger partial charge in [-0.05, 0) is 100 Å². The summed E-state index contributed by atoms with van der Waals surface area (Å²) in [4.78, 5) is 59.7. The number of amides is 3. The molecule has 0 spiro atoms. The second-order valence-electron chi connectivity index (χ2n) is 18.0. The van der Waals surface area contributed by atoms with Crippen LogP contribution in [0.25, 0.3) is 0 Å². The van der Waals surface area contributed by atoms with Gasteiger partial charge in [0.05, 0.1) is 18.2 Å². The molecule has 0 N–H and O–H groups in total. The molecular weight excluding hydrogens is 763 g/mol. The van der Waals surface area contributed by atoms with Crippen molar-refractivity contribution in [3.05, 3.63) is 42.0 Å². The van der Waals surface area contributed by atoms with Gasteiger partial charge in [0.1, 0.15) is 22.8 Å². The Morgan fingerprint density at radius 1 is 1.00 bits per heavy atom. The van der Waals surface area contributed by atoms with E-state index < -0.39 is 37.8 Å². The van der Waals surface area contributed by atoms with Crippen molar-refractivity contribution in [3.63, 3.8) is 0 Å². The van der Waals surface area contributed by atoms with Gasteiger partial charge in [-0.3, -0.25) is 9.59 Å². The van der Waals surface area contributed by atoms with Crippen LogP contribution >= 0.6 is 0 Å². The summed E-state index contributed by atoms with van der Waals surface area (Å²) < 4.78 is 39.8. The van der Waals surface area contributed by atoms with Crippen LogP contribution in [-0.2, 0) is 28.5 Å². The predicted molar refractivity (Wildman–Crippen MR) is 223 cm³/mol. The lowest BCUT2D eigenvalue weighted by atomic mass is 9.79. The van der Waals surface area contributed by atoms with Gasteiger partial charge in [-0.15, -0.1) is 0 Å². The Morgan fingerprint density at radius 3 is 2.41 bits per heavy atom. The van der Waals surface area contributed by atoms with Crippen LogP contribution in [0.3, 0.4) is 0 Å². The minimum absolute atomic E-state index is 0.00684. The molecule has 1 saturated heterocycles. The van der Waals surface area contributed by atoms with Gasteiger partial charge in [-0.2, -0.15) is 0 Å². The normalized spacial score (nSPS) is 18.3. The number of carbonyl (C=O) groups is 4. The van der Waals surface area contributed by atoms with Gasteiger partial charge in [0, 0.05) is 65.8 Å². The molecule has 2 aromatic rings. The van der Waals surface area contributed by atoms with Crippen molar-refractivity contribution < 1.29 is 52.3 Å². The maximum Gasteiger partial charge on any atom is 0.513 e. The molecule has 0 aromatic heterocycles. The van der Waals surface area contributed by atoms with Gasteiger partial charge >= 0.3 is 12.2 Å². The first-order chi connectivity index (χ1) is 27.4. The van der Waals surface area contributed by atoms with Gasteiger partial charge in [0.15, 0.2) is 13.4 Å². The molecule has 15 heteroatoms. The van der Waals surface area contributed by atoms with Crippen molar-refractivity contribution in [2.24, 2.45) is 11.8 Å². The fourth-order valence-electron chi connectivity index (χ4n) is 6.93. The van der Waals surface area contributed by atoms with E-state index in [-0.39, 0.29) is 56.1 Å². The Kier molecular flexibility index (Phi) is 15.1. The van der Waals surface area contributed by atoms with E-state index in [2.05, 4.69) is 19.6 Å². The number of benzene rings is 2. The van der Waals surface area contributed by atoms with E-state index in [1.807, 2.05) is 63.8 Å². The summed E-state index contributed by atoms with van der Waals surface area (Å²) in [6, 6.07) is 11.6. The number of methoxy groups -OCH3 is 1. The third kappa shape index (κ3) is 12.8. The summed E-state index contributed by atoms with van der Waals surface area (Å²) in [6.45, 7) is 18.2. The summed E-state index contributed by atoms with van der Waals surface area (Å²) in [7, 11) is 0.305. The zero-order chi connectivity index (χ0) is 42.2. The number of likely N-dealkylation sites (tertiary alicyclic amines) is 1. The highest BCUT2D eigenvalue weighted by molar-refractivity contribution is 6.76. The average molecular weight is 826 g/mol. The summed E-state index contributed by atoms with van der Waals surface area (Å²) in [5.41, 5.74) is 1.21. The fourth-order valence-corrected chi connectivity index (χ4v) is 7.69. The summed E-state index contributed by atoms with van der Waals surface area (Å²) in [5, 5.41) is 0. The number of anilines is 2. The van der Waals surface area contributed by atoms with Crippen LogP contribution in [0.5, 0.6) is 17.2 Å². The first-order valence-corrected chi connectivity index (χ1v) is 24.2. The van der Waals surface area contributed by atoms with Crippen molar-refractivity contribution in [1.29, 1.82) is 0 Å². The number of nitrogens with zero attached hydrogens (tertiary/aromatic N) is 3. The number of rotatable bonds is 17. The summed E-state index contributed by atoms with van der Waals surface area (Å²) in [6.07, 6.45) is 1.32. The lowest BCUT2D eigenvalue weighted by molar-refractivity contribution is -0.124. The second kappa shape index (κ2) is 19.6. The molecule has 2 atom stereocenters. The van der Waals surface area contributed by atoms with Gasteiger partial charge in [0.2, 0.25) is 5.91 Å². The molecule has 2 aliphatic heterocycles. The molecule has 2 heterocycles. The molecular formula is C43H63N3O11Si. The lowest BCUT2D eigenvalue weighted by Crippen LogP contribution is -2.51. The number of hydrogen-bond donors (Lipinski definition) is 0. The van der Waals surface area contributed by atoms with Gasteiger partial charge in [-0.1, -0.05) is 33.5 Å². The Balaban J connectivity index is 1.50. The molecule has 2 fully saturated rings. The number of hydrogen-bond acceptors (Lipinski definition) is 11. The van der Waals surface area contributed by atoms with Gasteiger partial charge < -0.3 is 47.9 Å². The summed E-state index contributed by atoms with van der Waals surface area (Å²) in [5.74, 6) is -0.181. The van der Waals surface area contributed by atoms with Crippen LogP contribution in [-0.4, -0.2) is 109 Å². The zero-order valence-electron chi connectivity index (χ0n) is 35.8. The Labute approximate surface area is 344 Å². The quantitative estimate of drug-likeness (QED) is 0.0506. The molecule has 0 unspecified atom stereocenters. The van der Waals surface area contributed by atoms with Crippen LogP contribution in [0.15, 0.2) is 36.4 Å². The molecule has 3 amide bonds. The van der Waals surface area contributed by atoms with E-state index in [4.69, 9.17) is 33.2 Å². The number of piperidine rings is 1. The molecule has 1 aliphatic carbocycles. The third-order valence-electron chi connectivity index (χ3n) is 10.00. The van der Waals surface area contributed by atoms with E-state index in [0.717, 1.165) is 18.9 Å². The molecule has 1 saturated carbocycles. The zero-order valence-corrected chi connectivity index (χ0v) is 36.8. The topological polar surface area (TPSA) is 143 Å². The monoisotopic (exact) mass is 825 g/mol. The number of carbonyl (C=O) groups excluding carboxylic acids is 4.